The van der Waals surface area contributed by atoms with Crippen molar-refractivity contribution in [1.29, 1.82) is 0 Å². The van der Waals surface area contributed by atoms with E-state index in [0.29, 0.717) is 29.2 Å². The second-order valence-electron chi connectivity index (χ2n) is 6.82. The van der Waals surface area contributed by atoms with E-state index >= 15 is 0 Å². The molecule has 0 fully saturated rings. The zero-order valence-electron chi connectivity index (χ0n) is 16.9. The summed E-state index contributed by atoms with van der Waals surface area (Å²) in [6.45, 7) is 2.92. The molecule has 2 amide bonds. The van der Waals surface area contributed by atoms with Crippen LogP contribution >= 0.6 is 22.9 Å². The molecule has 31 heavy (non-hydrogen) atoms. The number of hydrogen-bond donors (Lipinski definition) is 5. The molecule has 11 nitrogen and oxygen atoms in total. The smallest absolute Gasteiger partial charge is 0.328 e. The van der Waals surface area contributed by atoms with E-state index in [1.807, 2.05) is 0 Å². The maximum atomic E-state index is 12.5. The molecule has 2 heterocycles. The highest BCUT2D eigenvalue weighted by Crippen LogP contribution is 2.17. The number of benzene rings is 1. The molecule has 6 N–H and O–H groups in total. The Morgan fingerprint density at radius 2 is 1.97 bits per heavy atom. The number of H-pyrrole nitrogens is 1. The summed E-state index contributed by atoms with van der Waals surface area (Å²) < 4.78 is 3.88. The second-order valence-corrected chi connectivity index (χ2v) is 7.36. The molecular weight excluding hydrogens is 515 g/mol. The molecule has 0 aliphatic heterocycles. The minimum absolute atomic E-state index is 0.107. The first kappa shape index (κ1) is 22.5. The number of carbonyl (C=O) groups is 2. The number of aromatic amines is 1. The normalized spacial score (nSPS) is 10.8. The van der Waals surface area contributed by atoms with Crippen molar-refractivity contribution in [3.8, 4) is 0 Å². The van der Waals surface area contributed by atoms with Crippen LogP contribution in [0.25, 0.3) is 11.2 Å². The second kappa shape index (κ2) is 10.2. The fraction of sp³-hybridized carbons (Fsp3) is 0.316. The number of nitrogens with two attached hydrogens (primary N) is 1. The predicted molar refractivity (Wildman–Crippen MR) is 126 cm³/mol. The molecule has 0 saturated carbocycles. The average Bonchev–Trinajstić information content (AvgIpc) is 3.08. The van der Waals surface area contributed by atoms with Crippen LogP contribution in [0.3, 0.4) is 0 Å². The molecule has 0 atom stereocenters. The Kier molecular flexibility index (Phi) is 7.44. The van der Waals surface area contributed by atoms with Crippen molar-refractivity contribution in [3.05, 3.63) is 45.9 Å². The van der Waals surface area contributed by atoms with E-state index in [9.17, 15) is 14.4 Å². The minimum atomic E-state index is -0.362. The average molecular weight is 538 g/mol. The van der Waals surface area contributed by atoms with Gasteiger partial charge >= 0.3 is 5.69 Å². The summed E-state index contributed by atoms with van der Waals surface area (Å²) in [7, 11) is 0. The highest BCUT2D eigenvalue weighted by molar-refractivity contribution is 14.1. The third kappa shape index (κ3) is 5.51. The number of rotatable bonds is 9. The number of anilines is 2. The van der Waals surface area contributed by atoms with Crippen LogP contribution in [0.4, 0.5) is 11.8 Å². The zero-order valence-corrected chi connectivity index (χ0v) is 19.0. The summed E-state index contributed by atoms with van der Waals surface area (Å²) in [5.41, 5.74) is 7.64. The van der Waals surface area contributed by atoms with Crippen LogP contribution in [0.15, 0.2) is 29.1 Å². The number of amides is 2. The van der Waals surface area contributed by atoms with E-state index < -0.39 is 0 Å². The number of imidazole rings is 1. The van der Waals surface area contributed by atoms with Crippen molar-refractivity contribution < 1.29 is 9.59 Å². The van der Waals surface area contributed by atoms with Crippen molar-refractivity contribution in [1.82, 2.24) is 28.4 Å². The highest BCUT2D eigenvalue weighted by Gasteiger charge is 2.15. The van der Waals surface area contributed by atoms with Crippen molar-refractivity contribution in [2.75, 3.05) is 24.1 Å². The summed E-state index contributed by atoms with van der Waals surface area (Å²) in [5.74, 6) is -0.0932. The van der Waals surface area contributed by atoms with Crippen LogP contribution in [0.2, 0.25) is 0 Å². The number of hydrogen-bond acceptors (Lipinski definition) is 7. The molecule has 3 aromatic rings. The van der Waals surface area contributed by atoms with Gasteiger partial charge in [0.2, 0.25) is 11.9 Å². The number of nitrogen functional groups attached to an aromatic ring is 1. The Balaban J connectivity index is 1.79. The molecule has 0 aliphatic carbocycles. The van der Waals surface area contributed by atoms with E-state index in [0.717, 1.165) is 18.4 Å². The number of carbonyl (C=O) groups excluding carboxylic acids is 2. The Hall–Kier alpha value is -3.16. The van der Waals surface area contributed by atoms with Crippen LogP contribution in [0.5, 0.6) is 0 Å². The number of nitrogens with zero attached hydrogens (tertiary/aromatic N) is 3. The standard InChI is InChI=1S/C19H23IN8O3/c1-2-3-8-22-18-25-15(21)14-16(26-18)28(19(31)24-14)10-11-4-6-12(7-5-11)17(30)23-9-13(29)27-20/h4-7H,2-3,8-10H2,1H3,(H,23,30)(H,24,31)(H,27,29)(H3,21,22,25,26). The summed E-state index contributed by atoms with van der Waals surface area (Å²) >= 11 is 1.71. The number of unbranched alkanes of at least 4 members (excludes halogenated alkanes) is 1. The first-order chi connectivity index (χ1) is 14.9. The molecule has 12 heteroatoms. The third-order valence-corrected chi connectivity index (χ3v) is 5.14. The highest BCUT2D eigenvalue weighted by atomic mass is 127. The molecule has 0 spiro atoms. The lowest BCUT2D eigenvalue weighted by molar-refractivity contribution is -0.117. The summed E-state index contributed by atoms with van der Waals surface area (Å²) in [5, 5.41) is 5.65. The van der Waals surface area contributed by atoms with Gasteiger partial charge in [-0.2, -0.15) is 9.97 Å². The third-order valence-electron chi connectivity index (χ3n) is 4.54. The molecule has 0 radical (unpaired) electrons. The molecule has 0 bridgehead atoms. The fourth-order valence-electron chi connectivity index (χ4n) is 2.89. The molecule has 0 aliphatic rings. The topological polar surface area (TPSA) is 160 Å². The van der Waals surface area contributed by atoms with E-state index in [1.165, 1.54) is 4.57 Å². The van der Waals surface area contributed by atoms with Crippen molar-refractivity contribution in [3.63, 3.8) is 0 Å². The fourth-order valence-corrected chi connectivity index (χ4v) is 3.09. The first-order valence-electron chi connectivity index (χ1n) is 9.69. The van der Waals surface area contributed by atoms with Crippen LogP contribution in [0.1, 0.15) is 35.7 Å². The van der Waals surface area contributed by atoms with Gasteiger partial charge in [-0.15, -0.1) is 0 Å². The van der Waals surface area contributed by atoms with Gasteiger partial charge in [0, 0.05) is 12.1 Å². The molecular formula is C19H23IN8O3. The lowest BCUT2D eigenvalue weighted by atomic mass is 10.1. The van der Waals surface area contributed by atoms with Crippen molar-refractivity contribution in [2.45, 2.75) is 26.3 Å². The van der Waals surface area contributed by atoms with Gasteiger partial charge in [0.1, 0.15) is 5.52 Å². The molecule has 1 aromatic carbocycles. The van der Waals surface area contributed by atoms with Gasteiger partial charge in [-0.1, -0.05) is 25.5 Å². The lowest BCUT2D eigenvalue weighted by Crippen LogP contribution is -2.33. The van der Waals surface area contributed by atoms with Crippen LogP contribution in [-0.2, 0) is 11.3 Å². The largest absolute Gasteiger partial charge is 0.382 e. The van der Waals surface area contributed by atoms with Crippen LogP contribution in [0, 0.1) is 0 Å². The van der Waals surface area contributed by atoms with Crippen molar-refractivity contribution in [2.24, 2.45) is 0 Å². The van der Waals surface area contributed by atoms with Crippen molar-refractivity contribution >= 4 is 57.6 Å². The Morgan fingerprint density at radius 3 is 2.65 bits per heavy atom. The number of nitrogens with one attached hydrogen (secondary N) is 4. The molecule has 0 saturated heterocycles. The van der Waals surface area contributed by atoms with E-state index in [-0.39, 0.29) is 36.4 Å². The van der Waals surface area contributed by atoms with Crippen LogP contribution < -0.4 is 25.6 Å². The van der Waals surface area contributed by atoms with Gasteiger partial charge in [-0.3, -0.25) is 17.7 Å². The SMILES string of the molecule is CCCCNc1nc(N)c2[nH]c(=O)n(Cc3ccc(C(=O)NCC(=O)NI)cc3)c2n1. The van der Waals surface area contributed by atoms with E-state index in [4.69, 9.17) is 5.73 Å². The number of halogens is 1. The van der Waals surface area contributed by atoms with Gasteiger partial charge in [0.05, 0.1) is 36.0 Å². The van der Waals surface area contributed by atoms with Crippen LogP contribution in [-0.4, -0.2) is 44.4 Å². The monoisotopic (exact) mass is 538 g/mol. The maximum absolute atomic E-state index is 12.5. The molecule has 164 valence electrons. The van der Waals surface area contributed by atoms with Gasteiger partial charge in [0.15, 0.2) is 11.5 Å². The Morgan fingerprint density at radius 1 is 1.23 bits per heavy atom. The number of aromatic nitrogens is 4. The molecule has 0 unspecified atom stereocenters. The van der Waals surface area contributed by atoms with E-state index in [1.54, 1.807) is 47.1 Å². The number of fused-ring (bicyclic) bond motifs is 1. The molecule has 2 aromatic heterocycles. The van der Waals surface area contributed by atoms with Gasteiger partial charge in [-0.05, 0) is 24.1 Å². The van der Waals surface area contributed by atoms with E-state index in [2.05, 4.69) is 36.0 Å². The quantitative estimate of drug-likeness (QED) is 0.155. The lowest BCUT2D eigenvalue weighted by Gasteiger charge is -2.08. The Bertz CT molecular complexity index is 1140. The van der Waals surface area contributed by atoms with Gasteiger partial charge in [-0.25, -0.2) is 4.79 Å². The summed E-state index contributed by atoms with van der Waals surface area (Å²) in [4.78, 5) is 47.2. The summed E-state index contributed by atoms with van der Waals surface area (Å²) in [6, 6.07) is 6.74. The maximum Gasteiger partial charge on any atom is 0.328 e. The van der Waals surface area contributed by atoms with Gasteiger partial charge in [0.25, 0.3) is 5.91 Å². The summed E-state index contributed by atoms with van der Waals surface area (Å²) in [6.07, 6.45) is 1.99. The zero-order chi connectivity index (χ0) is 22.4. The minimum Gasteiger partial charge on any atom is -0.382 e. The first-order valence-corrected chi connectivity index (χ1v) is 10.8. The predicted octanol–water partition coefficient (Wildman–Crippen LogP) is 1.16. The molecule has 3 rings (SSSR count). The Labute approximate surface area is 191 Å². The van der Waals surface area contributed by atoms with Gasteiger partial charge < -0.3 is 21.4 Å².